The summed E-state index contributed by atoms with van der Waals surface area (Å²) in [6, 6.07) is 40.5. The number of para-hydroxylation sites is 1. The predicted molar refractivity (Wildman–Crippen MR) is 209 cm³/mol. The van der Waals surface area contributed by atoms with Crippen LogP contribution in [-0.2, 0) is 16.2 Å². The Kier molecular flexibility index (Phi) is 4.71. The SMILES string of the molecule is CC1(C)c2cc3c4c5c2N(c2ccccc2B5C2=C(N4C4(C)CCCCC34C)C3(c4ccccc42)c2ccccc2-c2ccccc23)C1(C)C. The number of fused-ring (bicyclic) bond motifs is 17. The van der Waals surface area contributed by atoms with Gasteiger partial charge in [0.25, 0.3) is 6.71 Å². The Morgan fingerprint density at radius 3 is 1.82 bits per heavy atom. The van der Waals surface area contributed by atoms with E-state index in [0.717, 1.165) is 0 Å². The molecule has 0 aromatic heterocycles. The largest absolute Gasteiger partial charge is 0.337 e. The van der Waals surface area contributed by atoms with E-state index >= 15 is 0 Å². The first-order valence-corrected chi connectivity index (χ1v) is 19.1. The number of rotatable bonds is 0. The van der Waals surface area contributed by atoms with Gasteiger partial charge in [0, 0.05) is 39.1 Å². The van der Waals surface area contributed by atoms with E-state index in [1.54, 1.807) is 33.4 Å². The molecule has 0 radical (unpaired) electrons. The number of anilines is 3. The molecule has 2 atom stereocenters. The molecule has 5 aromatic rings. The van der Waals surface area contributed by atoms with Gasteiger partial charge in [-0.25, -0.2) is 0 Å². The molecular weight excluding hydrogens is 603 g/mol. The van der Waals surface area contributed by atoms with Crippen molar-refractivity contribution in [1.29, 1.82) is 0 Å². The quantitative estimate of drug-likeness (QED) is 0.155. The Morgan fingerprint density at radius 1 is 0.560 bits per heavy atom. The Hall–Kier alpha value is -4.50. The normalized spacial score (nSPS) is 26.7. The van der Waals surface area contributed by atoms with Gasteiger partial charge in [0.05, 0.1) is 11.0 Å². The van der Waals surface area contributed by atoms with Crippen LogP contribution in [0, 0.1) is 0 Å². The van der Waals surface area contributed by atoms with Crippen molar-refractivity contribution in [2.75, 3.05) is 9.80 Å². The second-order valence-electron chi connectivity index (χ2n) is 17.9. The van der Waals surface area contributed by atoms with Gasteiger partial charge in [-0.2, -0.15) is 0 Å². The highest BCUT2D eigenvalue weighted by atomic mass is 15.3. The lowest BCUT2D eigenvalue weighted by atomic mass is 9.32. The third kappa shape index (κ3) is 2.58. The molecule has 1 fully saturated rings. The van der Waals surface area contributed by atoms with Crippen molar-refractivity contribution in [3.63, 3.8) is 0 Å². The summed E-state index contributed by atoms with van der Waals surface area (Å²) in [7, 11) is 0. The minimum Gasteiger partial charge on any atom is -0.337 e. The lowest BCUT2D eigenvalue weighted by molar-refractivity contribution is 0.188. The zero-order chi connectivity index (χ0) is 33.7. The van der Waals surface area contributed by atoms with Crippen LogP contribution in [0.5, 0.6) is 0 Å². The Bertz CT molecular complexity index is 2420. The van der Waals surface area contributed by atoms with Crippen molar-refractivity contribution in [3.8, 4) is 11.1 Å². The zero-order valence-electron chi connectivity index (χ0n) is 30.1. The molecule has 7 aliphatic rings. The van der Waals surface area contributed by atoms with Crippen LogP contribution in [0.2, 0.25) is 0 Å². The van der Waals surface area contributed by atoms with Crippen molar-refractivity contribution < 1.29 is 0 Å². The summed E-state index contributed by atoms with van der Waals surface area (Å²) >= 11 is 0. The zero-order valence-corrected chi connectivity index (χ0v) is 30.1. The summed E-state index contributed by atoms with van der Waals surface area (Å²) in [5.41, 5.74) is 21.8. The van der Waals surface area contributed by atoms with Crippen molar-refractivity contribution in [2.45, 2.75) is 94.5 Å². The summed E-state index contributed by atoms with van der Waals surface area (Å²) < 4.78 is 0. The number of hydrogen-bond acceptors (Lipinski definition) is 2. The first kappa shape index (κ1) is 28.2. The minimum atomic E-state index is -0.386. The van der Waals surface area contributed by atoms with Crippen LogP contribution < -0.4 is 20.7 Å². The Balaban J connectivity index is 1.33. The highest BCUT2D eigenvalue weighted by Crippen LogP contribution is 2.71. The highest BCUT2D eigenvalue weighted by molar-refractivity contribution is 7.03. The Labute approximate surface area is 296 Å². The maximum absolute atomic E-state index is 3.02. The third-order valence-electron chi connectivity index (χ3n) is 15.9. The minimum absolute atomic E-state index is 0.0302. The molecule has 50 heavy (non-hydrogen) atoms. The molecule has 12 rings (SSSR count). The van der Waals surface area contributed by atoms with E-state index in [2.05, 4.69) is 154 Å². The average Bonchev–Trinajstić information content (AvgIpc) is 3.72. The Morgan fingerprint density at radius 2 is 1.12 bits per heavy atom. The summed E-state index contributed by atoms with van der Waals surface area (Å²) in [4.78, 5) is 5.79. The monoisotopic (exact) mass is 646 g/mol. The number of allylic oxidation sites excluding steroid dienone is 1. The van der Waals surface area contributed by atoms with E-state index < -0.39 is 0 Å². The van der Waals surface area contributed by atoms with Crippen molar-refractivity contribution in [1.82, 2.24) is 0 Å². The van der Waals surface area contributed by atoms with Gasteiger partial charge in [-0.15, -0.1) is 0 Å². The van der Waals surface area contributed by atoms with Crippen molar-refractivity contribution >= 4 is 40.2 Å². The molecule has 0 N–H and O–H groups in total. The van der Waals surface area contributed by atoms with E-state index in [-0.39, 0.29) is 34.0 Å². The van der Waals surface area contributed by atoms with Gasteiger partial charge in [-0.3, -0.25) is 0 Å². The number of nitrogens with zero attached hydrogens (tertiary/aromatic N) is 2. The molecule has 0 bridgehead atoms. The molecule has 2 unspecified atom stereocenters. The molecule has 1 saturated carbocycles. The lowest BCUT2D eigenvalue weighted by Crippen LogP contribution is -2.63. The van der Waals surface area contributed by atoms with Crippen molar-refractivity contribution in [2.24, 2.45) is 0 Å². The van der Waals surface area contributed by atoms with Gasteiger partial charge in [-0.05, 0) is 101 Å². The maximum atomic E-state index is 3.02. The molecule has 4 aliphatic heterocycles. The van der Waals surface area contributed by atoms with E-state index in [1.165, 1.54) is 75.9 Å². The third-order valence-corrected chi connectivity index (χ3v) is 15.9. The van der Waals surface area contributed by atoms with Crippen molar-refractivity contribution in [3.05, 3.63) is 142 Å². The topological polar surface area (TPSA) is 6.48 Å². The second-order valence-corrected chi connectivity index (χ2v) is 17.9. The maximum Gasteiger partial charge on any atom is 0.252 e. The number of hydrogen-bond donors (Lipinski definition) is 0. The summed E-state index contributed by atoms with van der Waals surface area (Å²) in [6.07, 6.45) is 5.00. The van der Waals surface area contributed by atoms with Crippen LogP contribution >= 0.6 is 0 Å². The van der Waals surface area contributed by atoms with Gasteiger partial charge >= 0.3 is 0 Å². The van der Waals surface area contributed by atoms with Crippen LogP contribution in [0.3, 0.4) is 0 Å². The molecule has 1 spiro atoms. The summed E-state index contributed by atoms with van der Waals surface area (Å²) in [5.74, 6) is 0. The van der Waals surface area contributed by atoms with E-state index in [0.29, 0.717) is 0 Å². The van der Waals surface area contributed by atoms with E-state index in [4.69, 9.17) is 0 Å². The first-order valence-electron chi connectivity index (χ1n) is 19.1. The van der Waals surface area contributed by atoms with E-state index in [1.807, 2.05) is 0 Å². The standard InChI is InChI=1S/C47H43BN2/c1-43(2)34-27-35-41-39-40(34)49(44(43,3)4)37-24-14-13-23-36(37)48(39)38-30-19-9-12-22-33(30)47(42(38)50(41)46(6)26-16-15-25-45(35,46)5)31-20-10-7-17-28(31)29-18-8-11-21-32(29)47/h7-14,17-24,27H,15-16,25-26H2,1-6H3. The molecule has 244 valence electrons. The fraction of sp³-hybridized carbons (Fsp3) is 0.319. The molecule has 0 saturated heterocycles. The second kappa shape index (κ2) is 8.34. The molecule has 3 aliphatic carbocycles. The number of benzene rings is 5. The molecule has 2 nitrogen and oxygen atoms in total. The summed E-state index contributed by atoms with van der Waals surface area (Å²) in [5, 5.41) is 0. The van der Waals surface area contributed by atoms with Crippen LogP contribution in [0.4, 0.5) is 17.1 Å². The van der Waals surface area contributed by atoms with E-state index in [9.17, 15) is 0 Å². The van der Waals surface area contributed by atoms with Gasteiger partial charge in [-0.1, -0.05) is 131 Å². The molecule has 0 amide bonds. The van der Waals surface area contributed by atoms with Gasteiger partial charge in [0.15, 0.2) is 0 Å². The fourth-order valence-corrected chi connectivity index (χ4v) is 12.8. The average molecular weight is 647 g/mol. The smallest absolute Gasteiger partial charge is 0.252 e. The summed E-state index contributed by atoms with van der Waals surface area (Å²) in [6.45, 7) is 15.5. The van der Waals surface area contributed by atoms with Crippen LogP contribution in [-0.4, -0.2) is 17.8 Å². The fourth-order valence-electron chi connectivity index (χ4n) is 12.8. The van der Waals surface area contributed by atoms with Crippen LogP contribution in [0.1, 0.15) is 101 Å². The van der Waals surface area contributed by atoms with Gasteiger partial charge in [0.2, 0.25) is 0 Å². The molecule has 4 heterocycles. The first-order chi connectivity index (χ1) is 24.1. The highest BCUT2D eigenvalue weighted by Gasteiger charge is 2.69. The van der Waals surface area contributed by atoms with Gasteiger partial charge < -0.3 is 9.80 Å². The van der Waals surface area contributed by atoms with Crippen LogP contribution in [0.25, 0.3) is 16.6 Å². The molecule has 3 heteroatoms. The van der Waals surface area contributed by atoms with Gasteiger partial charge in [0.1, 0.15) is 0 Å². The van der Waals surface area contributed by atoms with Crippen LogP contribution in [0.15, 0.2) is 109 Å². The predicted octanol–water partition coefficient (Wildman–Crippen LogP) is 9.52. The molecule has 5 aromatic carbocycles. The lowest BCUT2D eigenvalue weighted by Gasteiger charge is -2.55. The molecular formula is C47H43BN2.